The molecule has 0 spiro atoms. The smallest absolute Gasteiger partial charge is 0.153 e. The van der Waals surface area contributed by atoms with E-state index in [4.69, 9.17) is 5.73 Å². The zero-order chi connectivity index (χ0) is 22.0. The summed E-state index contributed by atoms with van der Waals surface area (Å²) < 4.78 is 0. The lowest BCUT2D eigenvalue weighted by Crippen LogP contribution is -2.28. The summed E-state index contributed by atoms with van der Waals surface area (Å²) in [6.45, 7) is 6.16. The highest BCUT2D eigenvalue weighted by Gasteiger charge is 2.21. The molecule has 0 bridgehead atoms. The van der Waals surface area contributed by atoms with Gasteiger partial charge < -0.3 is 16.0 Å². The maximum atomic E-state index is 5.92. The molecule has 160 valence electrons. The first-order valence-corrected chi connectivity index (χ1v) is 10.4. The molecule has 7 heteroatoms. The molecule has 0 amide bonds. The summed E-state index contributed by atoms with van der Waals surface area (Å²) in [5, 5.41) is 20.1. The number of nitrogens with one attached hydrogen (secondary N) is 2. The van der Waals surface area contributed by atoms with Gasteiger partial charge in [0, 0.05) is 29.5 Å². The molecule has 4 aromatic rings. The van der Waals surface area contributed by atoms with Gasteiger partial charge in [0.1, 0.15) is 5.82 Å². The van der Waals surface area contributed by atoms with Gasteiger partial charge in [0.2, 0.25) is 0 Å². The van der Waals surface area contributed by atoms with Crippen molar-refractivity contribution in [3.8, 4) is 11.3 Å². The van der Waals surface area contributed by atoms with Crippen LogP contribution in [-0.2, 0) is 12.0 Å². The van der Waals surface area contributed by atoms with Gasteiger partial charge >= 0.3 is 0 Å². The van der Waals surface area contributed by atoms with Crippen LogP contribution in [0.4, 0.5) is 11.6 Å². The van der Waals surface area contributed by atoms with Crippen LogP contribution >= 0.6 is 0 Å². The average molecular weight is 416 g/mol. The average Bonchev–Trinajstić information content (AvgIpc) is 3.13. The summed E-state index contributed by atoms with van der Waals surface area (Å²) in [7, 11) is 4.17. The number of aromatic nitrogens is 4. The molecule has 0 radical (unpaired) electrons. The quantitative estimate of drug-likeness (QED) is 0.421. The second kappa shape index (κ2) is 8.35. The van der Waals surface area contributed by atoms with Gasteiger partial charge in [-0.15, -0.1) is 10.2 Å². The third-order valence-electron chi connectivity index (χ3n) is 5.47. The molecule has 0 fully saturated rings. The van der Waals surface area contributed by atoms with Crippen molar-refractivity contribution in [1.29, 1.82) is 0 Å². The number of nitrogens with two attached hydrogens (primary N) is 1. The van der Waals surface area contributed by atoms with Gasteiger partial charge in [-0.2, -0.15) is 5.10 Å². The van der Waals surface area contributed by atoms with E-state index in [0.717, 1.165) is 41.1 Å². The van der Waals surface area contributed by atoms with Crippen LogP contribution in [0.5, 0.6) is 0 Å². The van der Waals surface area contributed by atoms with Crippen molar-refractivity contribution in [2.75, 3.05) is 31.7 Å². The maximum absolute atomic E-state index is 5.92. The van der Waals surface area contributed by atoms with Crippen LogP contribution in [-0.4, -0.2) is 45.9 Å². The molecule has 0 saturated carbocycles. The molecule has 0 atom stereocenters. The van der Waals surface area contributed by atoms with Crippen molar-refractivity contribution < 1.29 is 0 Å². The molecule has 31 heavy (non-hydrogen) atoms. The van der Waals surface area contributed by atoms with Crippen LogP contribution < -0.4 is 11.1 Å². The van der Waals surface area contributed by atoms with E-state index < -0.39 is 0 Å². The number of nitrogen functional groups attached to an aromatic ring is 1. The molecular weight excluding hydrogens is 386 g/mol. The van der Waals surface area contributed by atoms with Crippen LogP contribution in [0.15, 0.2) is 54.6 Å². The standard InChI is InChI=1S/C24H29N7/c1-24(2,18-7-5-6-16(12-18)14-31(3)4)15-26-22-11-10-20(27-29-22)17-8-9-21-19(13-17)23(25)30-28-21/h5-13H,14-15H2,1-4H3,(H,26,29)(H3,25,28,30). The molecule has 2 aromatic carbocycles. The number of hydrogen-bond donors (Lipinski definition) is 3. The Hall–Kier alpha value is -3.45. The van der Waals surface area contributed by atoms with E-state index >= 15 is 0 Å². The van der Waals surface area contributed by atoms with Crippen molar-refractivity contribution in [2.24, 2.45) is 0 Å². The lowest BCUT2D eigenvalue weighted by atomic mass is 9.84. The fraction of sp³-hybridized carbons (Fsp3) is 0.292. The Morgan fingerprint density at radius 3 is 2.61 bits per heavy atom. The third-order valence-corrected chi connectivity index (χ3v) is 5.47. The second-order valence-electron chi connectivity index (χ2n) is 8.85. The van der Waals surface area contributed by atoms with E-state index in [1.807, 2.05) is 30.3 Å². The second-order valence-corrected chi connectivity index (χ2v) is 8.85. The monoisotopic (exact) mass is 415 g/mol. The minimum Gasteiger partial charge on any atom is -0.382 e. The van der Waals surface area contributed by atoms with E-state index in [0.29, 0.717) is 5.82 Å². The van der Waals surface area contributed by atoms with Crippen molar-refractivity contribution in [3.05, 3.63) is 65.7 Å². The normalized spacial score (nSPS) is 11.9. The lowest BCUT2D eigenvalue weighted by molar-refractivity contribution is 0.402. The van der Waals surface area contributed by atoms with Gasteiger partial charge in [-0.25, -0.2) is 0 Å². The molecule has 7 nitrogen and oxygen atoms in total. The highest BCUT2D eigenvalue weighted by Crippen LogP contribution is 2.27. The van der Waals surface area contributed by atoms with Crippen molar-refractivity contribution in [1.82, 2.24) is 25.3 Å². The molecule has 2 aromatic heterocycles. The number of nitrogens with zero attached hydrogens (tertiary/aromatic N) is 4. The Morgan fingerprint density at radius 1 is 1.03 bits per heavy atom. The fourth-order valence-electron chi connectivity index (χ4n) is 3.64. The van der Waals surface area contributed by atoms with Crippen LogP contribution in [0.1, 0.15) is 25.0 Å². The topological polar surface area (TPSA) is 95.8 Å². The number of hydrogen-bond acceptors (Lipinski definition) is 6. The predicted molar refractivity (Wildman–Crippen MR) is 127 cm³/mol. The fourth-order valence-corrected chi connectivity index (χ4v) is 3.64. The Labute approximate surface area is 182 Å². The first-order chi connectivity index (χ1) is 14.8. The SMILES string of the molecule is CN(C)Cc1cccc(C(C)(C)CNc2ccc(-c3ccc4[nH]nc(N)c4c3)nn2)c1. The van der Waals surface area contributed by atoms with E-state index in [-0.39, 0.29) is 5.41 Å². The Kier molecular flexibility index (Phi) is 5.61. The van der Waals surface area contributed by atoms with Crippen molar-refractivity contribution in [2.45, 2.75) is 25.8 Å². The van der Waals surface area contributed by atoms with Crippen LogP contribution in [0.3, 0.4) is 0 Å². The lowest BCUT2D eigenvalue weighted by Gasteiger charge is -2.26. The molecule has 0 aliphatic heterocycles. The maximum Gasteiger partial charge on any atom is 0.153 e. The highest BCUT2D eigenvalue weighted by molar-refractivity contribution is 5.91. The first-order valence-electron chi connectivity index (χ1n) is 10.4. The van der Waals surface area contributed by atoms with Gasteiger partial charge in [-0.3, -0.25) is 5.10 Å². The summed E-state index contributed by atoms with van der Waals surface area (Å²) in [4.78, 5) is 2.18. The van der Waals surface area contributed by atoms with E-state index in [1.54, 1.807) is 0 Å². The van der Waals surface area contributed by atoms with Gasteiger partial charge in [-0.05, 0) is 49.5 Å². The Bertz CT molecular complexity index is 1180. The Morgan fingerprint density at radius 2 is 1.87 bits per heavy atom. The predicted octanol–water partition coefficient (Wildman–Crippen LogP) is 4.05. The highest BCUT2D eigenvalue weighted by atomic mass is 15.2. The summed E-state index contributed by atoms with van der Waals surface area (Å²) in [6.07, 6.45) is 0. The minimum absolute atomic E-state index is 0.0491. The van der Waals surface area contributed by atoms with Gasteiger partial charge in [-0.1, -0.05) is 44.2 Å². The molecule has 0 unspecified atom stereocenters. The van der Waals surface area contributed by atoms with E-state index in [2.05, 4.69) is 82.8 Å². The number of aromatic amines is 1. The first kappa shape index (κ1) is 20.8. The molecule has 0 saturated heterocycles. The molecule has 0 aliphatic carbocycles. The third kappa shape index (κ3) is 4.67. The van der Waals surface area contributed by atoms with Crippen LogP contribution in [0, 0.1) is 0 Å². The van der Waals surface area contributed by atoms with E-state index in [9.17, 15) is 0 Å². The zero-order valence-electron chi connectivity index (χ0n) is 18.5. The molecule has 0 aliphatic rings. The van der Waals surface area contributed by atoms with Gasteiger partial charge in [0.15, 0.2) is 5.82 Å². The largest absolute Gasteiger partial charge is 0.382 e. The number of rotatable bonds is 7. The number of benzene rings is 2. The van der Waals surface area contributed by atoms with Crippen LogP contribution in [0.2, 0.25) is 0 Å². The number of anilines is 2. The van der Waals surface area contributed by atoms with Gasteiger partial charge in [0.25, 0.3) is 0 Å². The minimum atomic E-state index is -0.0491. The van der Waals surface area contributed by atoms with Crippen molar-refractivity contribution in [3.63, 3.8) is 0 Å². The summed E-state index contributed by atoms with van der Waals surface area (Å²) in [5.74, 6) is 1.24. The summed E-state index contributed by atoms with van der Waals surface area (Å²) in [5.41, 5.74) is 11.1. The Balaban J connectivity index is 1.45. The zero-order valence-corrected chi connectivity index (χ0v) is 18.5. The van der Waals surface area contributed by atoms with E-state index in [1.165, 1.54) is 11.1 Å². The van der Waals surface area contributed by atoms with Crippen LogP contribution in [0.25, 0.3) is 22.2 Å². The van der Waals surface area contributed by atoms with Crippen molar-refractivity contribution >= 4 is 22.5 Å². The summed E-state index contributed by atoms with van der Waals surface area (Å²) >= 11 is 0. The molecular formula is C24H29N7. The number of fused-ring (bicyclic) bond motifs is 1. The molecule has 2 heterocycles. The van der Waals surface area contributed by atoms with Gasteiger partial charge in [0.05, 0.1) is 11.2 Å². The molecule has 4 N–H and O–H groups in total. The summed E-state index contributed by atoms with van der Waals surface area (Å²) in [6, 6.07) is 18.6. The number of H-pyrrole nitrogens is 1. The molecule has 4 rings (SSSR count).